The summed E-state index contributed by atoms with van der Waals surface area (Å²) in [5.74, 6) is -1.05. The molecule has 1 aromatic carbocycles. The minimum Gasteiger partial charge on any atom is -0.506 e. The number of para-hydroxylation sites is 2. The maximum atomic E-state index is 11.5. The summed E-state index contributed by atoms with van der Waals surface area (Å²) in [6.07, 6.45) is 0.797. The lowest BCUT2D eigenvalue weighted by atomic mass is 10.2. The van der Waals surface area contributed by atoms with E-state index in [-0.39, 0.29) is 11.3 Å². The summed E-state index contributed by atoms with van der Waals surface area (Å²) in [5.41, 5.74) is 0.429. The number of aromatic hydroxyl groups is 1. The Hall–Kier alpha value is -2.50. The molecule has 2 amide bonds. The van der Waals surface area contributed by atoms with Crippen LogP contribution in [0.2, 0.25) is 0 Å². The number of carbonyl (C=O) groups is 2. The van der Waals surface area contributed by atoms with Gasteiger partial charge < -0.3 is 20.8 Å². The Bertz CT molecular complexity index is 485. The van der Waals surface area contributed by atoms with Gasteiger partial charge in [0.1, 0.15) is 5.75 Å². The van der Waals surface area contributed by atoms with Crippen LogP contribution in [-0.4, -0.2) is 28.8 Å². The quantitative estimate of drug-likeness (QED) is 0.358. The van der Waals surface area contributed by atoms with Crippen molar-refractivity contribution in [2.24, 2.45) is 0 Å². The Kier molecular flexibility index (Phi) is 5.40. The van der Waals surface area contributed by atoms with Crippen LogP contribution in [0.5, 0.6) is 5.75 Å². The van der Waals surface area contributed by atoms with Gasteiger partial charge in [-0.1, -0.05) is 18.7 Å². The van der Waals surface area contributed by atoms with Crippen molar-refractivity contribution in [3.63, 3.8) is 0 Å². The average molecular weight is 264 g/mol. The molecule has 0 bridgehead atoms. The highest BCUT2D eigenvalue weighted by molar-refractivity contribution is 5.90. The molecule has 6 heteroatoms. The third kappa shape index (κ3) is 5.12. The highest BCUT2D eigenvalue weighted by Crippen LogP contribution is 2.20. The van der Waals surface area contributed by atoms with Gasteiger partial charge in [-0.25, -0.2) is 9.59 Å². The molecule has 0 aliphatic rings. The second-order valence-electron chi connectivity index (χ2n) is 3.91. The number of hydrogen-bond acceptors (Lipinski definition) is 3. The molecule has 0 heterocycles. The van der Waals surface area contributed by atoms with E-state index in [1.54, 1.807) is 18.2 Å². The number of amides is 2. The van der Waals surface area contributed by atoms with E-state index in [4.69, 9.17) is 5.11 Å². The van der Waals surface area contributed by atoms with Crippen molar-refractivity contribution in [1.82, 2.24) is 5.32 Å². The summed E-state index contributed by atoms with van der Waals surface area (Å²) in [5, 5.41) is 23.1. The van der Waals surface area contributed by atoms with Gasteiger partial charge in [-0.15, -0.1) is 0 Å². The largest absolute Gasteiger partial charge is 0.506 e. The predicted octanol–water partition coefficient (Wildman–Crippen LogP) is 1.93. The van der Waals surface area contributed by atoms with Crippen LogP contribution in [0.1, 0.15) is 12.8 Å². The standard InChI is InChI=1S/C13H16N2O4/c1-9(12(17)18)5-4-8-14-13(19)15-10-6-2-3-7-11(10)16/h2-3,6-7,16H,1,4-5,8H2,(H,17,18)(H2,14,15,19). The van der Waals surface area contributed by atoms with E-state index in [2.05, 4.69) is 17.2 Å². The Morgan fingerprint density at radius 1 is 1.26 bits per heavy atom. The molecule has 0 unspecified atom stereocenters. The van der Waals surface area contributed by atoms with E-state index in [0.29, 0.717) is 25.1 Å². The van der Waals surface area contributed by atoms with Crippen molar-refractivity contribution in [3.05, 3.63) is 36.4 Å². The van der Waals surface area contributed by atoms with Crippen LogP contribution in [-0.2, 0) is 4.79 Å². The van der Waals surface area contributed by atoms with Gasteiger partial charge in [0, 0.05) is 12.1 Å². The number of nitrogens with one attached hydrogen (secondary N) is 2. The predicted molar refractivity (Wildman–Crippen MR) is 71.1 cm³/mol. The van der Waals surface area contributed by atoms with Crippen molar-refractivity contribution in [2.45, 2.75) is 12.8 Å². The lowest BCUT2D eigenvalue weighted by Crippen LogP contribution is -2.29. The molecule has 1 rings (SSSR count). The topological polar surface area (TPSA) is 98.7 Å². The Balaban J connectivity index is 2.27. The van der Waals surface area contributed by atoms with E-state index < -0.39 is 12.0 Å². The molecule has 0 fully saturated rings. The van der Waals surface area contributed by atoms with Crippen molar-refractivity contribution < 1.29 is 19.8 Å². The zero-order chi connectivity index (χ0) is 14.3. The van der Waals surface area contributed by atoms with E-state index in [0.717, 1.165) is 0 Å². The molecule has 1 aromatic rings. The van der Waals surface area contributed by atoms with Crippen LogP contribution in [0.15, 0.2) is 36.4 Å². The van der Waals surface area contributed by atoms with Gasteiger partial charge in [0.25, 0.3) is 0 Å². The highest BCUT2D eigenvalue weighted by atomic mass is 16.4. The van der Waals surface area contributed by atoms with Crippen molar-refractivity contribution in [3.8, 4) is 5.75 Å². The first kappa shape index (κ1) is 14.6. The lowest BCUT2D eigenvalue weighted by Gasteiger charge is -2.08. The molecule has 6 nitrogen and oxygen atoms in total. The number of phenolic OH excluding ortho intramolecular Hbond substituents is 1. The Labute approximate surface area is 110 Å². The molecular formula is C13H16N2O4. The highest BCUT2D eigenvalue weighted by Gasteiger charge is 2.06. The fraction of sp³-hybridized carbons (Fsp3) is 0.231. The van der Waals surface area contributed by atoms with Gasteiger partial charge >= 0.3 is 12.0 Å². The van der Waals surface area contributed by atoms with Crippen molar-refractivity contribution >= 4 is 17.7 Å². The molecule has 0 aliphatic heterocycles. The van der Waals surface area contributed by atoms with Gasteiger partial charge in [0.15, 0.2) is 0 Å². The summed E-state index contributed by atoms with van der Waals surface area (Å²) < 4.78 is 0. The first-order valence-corrected chi connectivity index (χ1v) is 5.74. The number of hydrogen-bond donors (Lipinski definition) is 4. The number of rotatable bonds is 6. The zero-order valence-electron chi connectivity index (χ0n) is 10.3. The molecule has 0 spiro atoms. The molecule has 0 aromatic heterocycles. The third-order valence-electron chi connectivity index (χ3n) is 2.40. The molecule has 0 saturated heterocycles. The van der Waals surface area contributed by atoms with E-state index in [1.165, 1.54) is 6.07 Å². The van der Waals surface area contributed by atoms with E-state index >= 15 is 0 Å². The number of urea groups is 1. The first-order chi connectivity index (χ1) is 9.00. The van der Waals surface area contributed by atoms with Gasteiger partial charge in [0.2, 0.25) is 0 Å². The SMILES string of the molecule is C=C(CCCNC(=O)Nc1ccccc1O)C(=O)O. The number of carbonyl (C=O) groups excluding carboxylic acids is 1. The van der Waals surface area contributed by atoms with Gasteiger partial charge in [-0.3, -0.25) is 0 Å². The Morgan fingerprint density at radius 2 is 1.95 bits per heavy atom. The average Bonchev–Trinajstić information content (AvgIpc) is 2.37. The fourth-order valence-electron chi connectivity index (χ4n) is 1.36. The molecule has 19 heavy (non-hydrogen) atoms. The number of carboxylic acids is 1. The van der Waals surface area contributed by atoms with Crippen LogP contribution >= 0.6 is 0 Å². The summed E-state index contributed by atoms with van der Waals surface area (Å²) in [6.45, 7) is 3.71. The van der Waals surface area contributed by atoms with Gasteiger partial charge in [0.05, 0.1) is 5.69 Å². The number of carboxylic acid groups (broad SMARTS) is 1. The lowest BCUT2D eigenvalue weighted by molar-refractivity contribution is -0.132. The maximum absolute atomic E-state index is 11.5. The molecule has 0 radical (unpaired) electrons. The van der Waals surface area contributed by atoms with Crippen LogP contribution in [0.4, 0.5) is 10.5 Å². The van der Waals surface area contributed by atoms with E-state index in [9.17, 15) is 14.7 Å². The van der Waals surface area contributed by atoms with Crippen molar-refractivity contribution in [1.29, 1.82) is 0 Å². The Morgan fingerprint density at radius 3 is 2.58 bits per heavy atom. The van der Waals surface area contributed by atoms with Gasteiger partial charge in [-0.05, 0) is 25.0 Å². The second kappa shape index (κ2) is 7.05. The first-order valence-electron chi connectivity index (χ1n) is 5.74. The number of aliphatic carboxylic acids is 1. The third-order valence-corrected chi connectivity index (χ3v) is 2.40. The van der Waals surface area contributed by atoms with E-state index in [1.807, 2.05) is 0 Å². The smallest absolute Gasteiger partial charge is 0.330 e. The van der Waals surface area contributed by atoms with Crippen LogP contribution < -0.4 is 10.6 Å². The van der Waals surface area contributed by atoms with Crippen LogP contribution in [0.3, 0.4) is 0 Å². The van der Waals surface area contributed by atoms with Crippen molar-refractivity contribution in [2.75, 3.05) is 11.9 Å². The molecule has 0 atom stereocenters. The number of benzene rings is 1. The molecule has 0 aliphatic carbocycles. The minimum absolute atomic E-state index is 0.0168. The maximum Gasteiger partial charge on any atom is 0.330 e. The second-order valence-corrected chi connectivity index (χ2v) is 3.91. The van der Waals surface area contributed by atoms with Crippen LogP contribution in [0.25, 0.3) is 0 Å². The summed E-state index contributed by atoms with van der Waals surface area (Å²) in [7, 11) is 0. The van der Waals surface area contributed by atoms with Gasteiger partial charge in [-0.2, -0.15) is 0 Å². The number of anilines is 1. The number of phenols is 1. The molecular weight excluding hydrogens is 248 g/mol. The monoisotopic (exact) mass is 264 g/mol. The summed E-state index contributed by atoms with van der Waals surface area (Å²) >= 11 is 0. The molecule has 4 N–H and O–H groups in total. The minimum atomic E-state index is -1.03. The summed E-state index contributed by atoms with van der Waals surface area (Å²) in [4.78, 5) is 22.0. The fourth-order valence-corrected chi connectivity index (χ4v) is 1.36. The molecule has 102 valence electrons. The molecule has 0 saturated carbocycles. The van der Waals surface area contributed by atoms with Crippen LogP contribution in [0, 0.1) is 0 Å². The zero-order valence-corrected chi connectivity index (χ0v) is 10.3. The normalized spacial score (nSPS) is 9.68. The summed E-state index contributed by atoms with van der Waals surface area (Å²) in [6, 6.07) is 5.91.